The van der Waals surface area contributed by atoms with E-state index in [9.17, 15) is 4.79 Å². The molecule has 2 atom stereocenters. The van der Waals surface area contributed by atoms with Crippen LogP contribution in [0.2, 0.25) is 0 Å². The van der Waals surface area contributed by atoms with E-state index in [-0.39, 0.29) is 0 Å². The van der Waals surface area contributed by atoms with Crippen molar-refractivity contribution >= 4 is 5.97 Å². The number of hydrogen-bond acceptors (Lipinski definition) is 5. The normalized spacial score (nSPS) is 20.6. The van der Waals surface area contributed by atoms with Crippen LogP contribution in [0.1, 0.15) is 25.7 Å². The van der Waals surface area contributed by atoms with Gasteiger partial charge in [0, 0.05) is 6.04 Å². The molecule has 1 aromatic rings. The number of carbonyl (C=O) groups is 1. The van der Waals surface area contributed by atoms with Crippen LogP contribution in [0.15, 0.2) is 30.3 Å². The zero-order valence-corrected chi connectivity index (χ0v) is 10.9. The van der Waals surface area contributed by atoms with Crippen LogP contribution in [-0.4, -0.2) is 24.6 Å². The lowest BCUT2D eigenvalue weighted by molar-refractivity contribution is -0.215. The molecule has 1 fully saturated rings. The van der Waals surface area contributed by atoms with Gasteiger partial charge in [0.25, 0.3) is 0 Å². The topological polar surface area (TPSA) is 73.6 Å². The van der Waals surface area contributed by atoms with Gasteiger partial charge in [0.1, 0.15) is 6.04 Å². The van der Waals surface area contributed by atoms with E-state index in [4.69, 9.17) is 15.5 Å². The highest BCUT2D eigenvalue weighted by molar-refractivity contribution is 5.75. The number of nitrogens with two attached hydrogens (primary N) is 1. The smallest absolute Gasteiger partial charge is 0.318 e. The molecule has 5 heteroatoms. The van der Waals surface area contributed by atoms with E-state index in [0.29, 0.717) is 18.2 Å². The summed E-state index contributed by atoms with van der Waals surface area (Å²) in [6, 6.07) is 8.52. The summed E-state index contributed by atoms with van der Waals surface area (Å²) in [4.78, 5) is 21.4. The number of carbonyl (C=O) groups excluding carboxylic acids is 1. The van der Waals surface area contributed by atoms with Gasteiger partial charge in [-0.05, 0) is 37.9 Å². The van der Waals surface area contributed by atoms with E-state index in [1.165, 1.54) is 12.8 Å². The molecule has 0 aromatic heterocycles. The molecule has 1 saturated heterocycles. The number of piperidine rings is 1. The average Bonchev–Trinajstić information content (AvgIpc) is 2.47. The van der Waals surface area contributed by atoms with Crippen LogP contribution in [0.3, 0.4) is 0 Å². The highest BCUT2D eigenvalue weighted by Crippen LogP contribution is 2.13. The molecule has 0 radical (unpaired) electrons. The molecule has 0 spiro atoms. The van der Waals surface area contributed by atoms with Gasteiger partial charge < -0.3 is 11.1 Å². The third kappa shape index (κ3) is 4.54. The minimum atomic E-state index is -0.653. The first-order chi connectivity index (χ1) is 9.25. The van der Waals surface area contributed by atoms with Crippen molar-refractivity contribution in [2.45, 2.75) is 37.8 Å². The lowest BCUT2D eigenvalue weighted by atomic mass is 9.98. The van der Waals surface area contributed by atoms with E-state index in [2.05, 4.69) is 5.32 Å². The van der Waals surface area contributed by atoms with Crippen LogP contribution < -0.4 is 15.9 Å². The highest BCUT2D eigenvalue weighted by atomic mass is 17.2. The molecule has 104 valence electrons. The minimum Gasteiger partial charge on any atom is -0.318 e. The first-order valence-corrected chi connectivity index (χ1v) is 6.68. The van der Waals surface area contributed by atoms with Gasteiger partial charge in [-0.3, -0.25) is 4.89 Å². The SMILES string of the molecule is NC(CC1CCCCN1)C(=O)OOc1ccccc1. The van der Waals surface area contributed by atoms with Crippen molar-refractivity contribution < 1.29 is 14.6 Å². The lowest BCUT2D eigenvalue weighted by Crippen LogP contribution is -2.43. The van der Waals surface area contributed by atoms with Gasteiger partial charge in [-0.2, -0.15) is 0 Å². The van der Waals surface area contributed by atoms with Crippen LogP contribution in [0.25, 0.3) is 0 Å². The summed E-state index contributed by atoms with van der Waals surface area (Å²) >= 11 is 0. The van der Waals surface area contributed by atoms with Crippen LogP contribution >= 0.6 is 0 Å². The van der Waals surface area contributed by atoms with Crippen molar-refractivity contribution in [3.05, 3.63) is 30.3 Å². The predicted molar refractivity (Wildman–Crippen MR) is 71.4 cm³/mol. The number of para-hydroxylation sites is 1. The quantitative estimate of drug-likeness (QED) is 0.621. The minimum absolute atomic E-state index is 0.299. The third-order valence-electron chi connectivity index (χ3n) is 3.22. The molecule has 1 aromatic carbocycles. The Morgan fingerprint density at radius 2 is 2.16 bits per heavy atom. The van der Waals surface area contributed by atoms with Crippen LogP contribution in [-0.2, 0) is 9.68 Å². The molecule has 1 aliphatic rings. The van der Waals surface area contributed by atoms with E-state index in [1.807, 2.05) is 6.07 Å². The van der Waals surface area contributed by atoms with Gasteiger partial charge >= 0.3 is 5.97 Å². The monoisotopic (exact) mass is 264 g/mol. The van der Waals surface area contributed by atoms with Crippen molar-refractivity contribution in [2.24, 2.45) is 5.73 Å². The molecule has 1 heterocycles. The number of rotatable bonds is 5. The Hall–Kier alpha value is -1.59. The Labute approximate surface area is 113 Å². The van der Waals surface area contributed by atoms with E-state index in [0.717, 1.165) is 13.0 Å². The number of benzene rings is 1. The molecule has 0 saturated carbocycles. The van der Waals surface area contributed by atoms with Gasteiger partial charge in [0.05, 0.1) is 0 Å². The summed E-state index contributed by atoms with van der Waals surface area (Å²) in [6.45, 7) is 0.993. The molecule has 0 bridgehead atoms. The van der Waals surface area contributed by atoms with Gasteiger partial charge in [-0.15, -0.1) is 0 Å². The summed E-state index contributed by atoms with van der Waals surface area (Å²) in [5.74, 6) is -0.0462. The Bertz CT molecular complexity index is 391. The van der Waals surface area contributed by atoms with Crippen LogP contribution in [0.5, 0.6) is 5.75 Å². The summed E-state index contributed by atoms with van der Waals surface area (Å²) < 4.78 is 0. The molecular weight excluding hydrogens is 244 g/mol. The Kier molecular flexibility index (Phi) is 5.18. The number of hydrogen-bond donors (Lipinski definition) is 2. The summed E-state index contributed by atoms with van der Waals surface area (Å²) in [6.07, 6.45) is 4.00. The van der Waals surface area contributed by atoms with Gasteiger partial charge in [0.15, 0.2) is 5.75 Å². The maximum absolute atomic E-state index is 11.7. The summed E-state index contributed by atoms with van der Waals surface area (Å²) in [5, 5.41) is 3.35. The van der Waals surface area contributed by atoms with Crippen LogP contribution in [0, 0.1) is 0 Å². The molecule has 0 aliphatic carbocycles. The van der Waals surface area contributed by atoms with Crippen molar-refractivity contribution in [3.63, 3.8) is 0 Å². The summed E-state index contributed by atoms with van der Waals surface area (Å²) in [7, 11) is 0. The summed E-state index contributed by atoms with van der Waals surface area (Å²) in [5.41, 5.74) is 5.82. The molecule has 2 unspecified atom stereocenters. The van der Waals surface area contributed by atoms with E-state index in [1.54, 1.807) is 24.3 Å². The van der Waals surface area contributed by atoms with Crippen molar-refractivity contribution in [3.8, 4) is 5.75 Å². The first-order valence-electron chi connectivity index (χ1n) is 6.68. The second-order valence-electron chi connectivity index (χ2n) is 4.79. The molecule has 1 aliphatic heterocycles. The fourth-order valence-electron chi connectivity index (χ4n) is 2.15. The fraction of sp³-hybridized carbons (Fsp3) is 0.500. The molecule has 2 rings (SSSR count). The van der Waals surface area contributed by atoms with Crippen molar-refractivity contribution in [1.29, 1.82) is 0 Å². The molecule has 5 nitrogen and oxygen atoms in total. The molecule has 19 heavy (non-hydrogen) atoms. The Morgan fingerprint density at radius 3 is 2.84 bits per heavy atom. The Balaban J connectivity index is 1.72. The average molecular weight is 264 g/mol. The van der Waals surface area contributed by atoms with Crippen LogP contribution in [0.4, 0.5) is 0 Å². The fourth-order valence-corrected chi connectivity index (χ4v) is 2.15. The predicted octanol–water partition coefficient (Wildman–Crippen LogP) is 1.38. The standard InChI is InChI=1S/C14H20N2O3/c15-13(10-11-6-4-5-9-16-11)14(17)19-18-12-7-2-1-3-8-12/h1-3,7-8,11,13,16H,4-6,9-10,15H2. The first kappa shape index (κ1) is 13.8. The van der Waals surface area contributed by atoms with Gasteiger partial charge in [0.2, 0.25) is 0 Å². The molecule has 3 N–H and O–H groups in total. The van der Waals surface area contributed by atoms with Crippen molar-refractivity contribution in [1.82, 2.24) is 5.32 Å². The second kappa shape index (κ2) is 7.11. The number of nitrogens with one attached hydrogen (secondary N) is 1. The zero-order chi connectivity index (χ0) is 13.5. The largest absolute Gasteiger partial charge is 0.371 e. The molecule has 0 amide bonds. The highest BCUT2D eigenvalue weighted by Gasteiger charge is 2.23. The van der Waals surface area contributed by atoms with E-state index < -0.39 is 12.0 Å². The van der Waals surface area contributed by atoms with Gasteiger partial charge in [-0.1, -0.05) is 24.6 Å². The zero-order valence-electron chi connectivity index (χ0n) is 10.9. The van der Waals surface area contributed by atoms with E-state index >= 15 is 0 Å². The maximum Gasteiger partial charge on any atom is 0.371 e. The second-order valence-corrected chi connectivity index (χ2v) is 4.79. The maximum atomic E-state index is 11.7. The lowest BCUT2D eigenvalue weighted by Gasteiger charge is -2.24. The third-order valence-corrected chi connectivity index (χ3v) is 3.22. The van der Waals surface area contributed by atoms with Crippen molar-refractivity contribution in [2.75, 3.05) is 6.54 Å². The Morgan fingerprint density at radius 1 is 1.37 bits per heavy atom. The molecular formula is C14H20N2O3. The van der Waals surface area contributed by atoms with Gasteiger partial charge in [-0.25, -0.2) is 9.68 Å².